The van der Waals surface area contributed by atoms with Gasteiger partial charge in [-0.05, 0) is 48.6 Å². The van der Waals surface area contributed by atoms with Crippen LogP contribution in [0.2, 0.25) is 0 Å². The van der Waals surface area contributed by atoms with E-state index in [2.05, 4.69) is 26.1 Å². The third-order valence-electron chi connectivity index (χ3n) is 4.33. The van der Waals surface area contributed by atoms with Crippen LogP contribution in [0.15, 0.2) is 50.8 Å². The standard InChI is InChI=1S/C18H16BrN3O2S/c19-14-7-5-12(6-8-14)18(23)22-9-1-3-13(11-22)17-20-16(21-24-17)15-4-2-10-25-15/h2,4-8,10,13H,1,3,9,11H2/t13-/m1/s1. The molecule has 2 aromatic heterocycles. The number of halogens is 1. The van der Waals surface area contributed by atoms with E-state index < -0.39 is 0 Å². The zero-order valence-electron chi connectivity index (χ0n) is 13.4. The molecule has 0 radical (unpaired) electrons. The molecule has 1 atom stereocenters. The van der Waals surface area contributed by atoms with E-state index in [0.29, 0.717) is 23.8 Å². The summed E-state index contributed by atoms with van der Waals surface area (Å²) in [7, 11) is 0. The van der Waals surface area contributed by atoms with Gasteiger partial charge in [0.05, 0.1) is 10.8 Å². The molecule has 1 aliphatic rings. The smallest absolute Gasteiger partial charge is 0.253 e. The number of likely N-dealkylation sites (tertiary alicyclic amines) is 1. The molecule has 4 rings (SSSR count). The third kappa shape index (κ3) is 3.52. The minimum Gasteiger partial charge on any atom is -0.339 e. The Bertz CT molecular complexity index is 861. The Morgan fingerprint density at radius 2 is 2.12 bits per heavy atom. The van der Waals surface area contributed by atoms with Crippen LogP contribution in [0.25, 0.3) is 10.7 Å². The van der Waals surface area contributed by atoms with Crippen molar-refractivity contribution in [2.45, 2.75) is 18.8 Å². The fraction of sp³-hybridized carbons (Fsp3) is 0.278. The fourth-order valence-corrected chi connectivity index (χ4v) is 3.96. The number of thiophene rings is 1. The van der Waals surface area contributed by atoms with Gasteiger partial charge in [-0.2, -0.15) is 4.98 Å². The average Bonchev–Trinajstić information content (AvgIpc) is 3.33. The van der Waals surface area contributed by atoms with Crippen LogP contribution >= 0.6 is 27.3 Å². The highest BCUT2D eigenvalue weighted by atomic mass is 79.9. The van der Waals surface area contributed by atoms with Gasteiger partial charge >= 0.3 is 0 Å². The quantitative estimate of drug-likeness (QED) is 0.625. The molecule has 128 valence electrons. The Hall–Kier alpha value is -1.99. The average molecular weight is 418 g/mol. The summed E-state index contributed by atoms with van der Waals surface area (Å²) in [6, 6.07) is 11.4. The predicted octanol–water partition coefficient (Wildman–Crippen LogP) is 4.58. The van der Waals surface area contributed by atoms with Gasteiger partial charge in [-0.1, -0.05) is 27.2 Å². The summed E-state index contributed by atoms with van der Waals surface area (Å²) in [4.78, 5) is 20.1. The van der Waals surface area contributed by atoms with Crippen molar-refractivity contribution in [2.24, 2.45) is 0 Å². The number of hydrogen-bond acceptors (Lipinski definition) is 5. The van der Waals surface area contributed by atoms with E-state index in [9.17, 15) is 4.79 Å². The highest BCUT2D eigenvalue weighted by Gasteiger charge is 2.29. The van der Waals surface area contributed by atoms with E-state index in [0.717, 1.165) is 28.7 Å². The SMILES string of the molecule is O=C(c1ccc(Br)cc1)N1CCC[C@@H](c2nc(-c3cccs3)no2)C1. The van der Waals surface area contributed by atoms with Crippen LogP contribution in [0.5, 0.6) is 0 Å². The summed E-state index contributed by atoms with van der Waals surface area (Å²) in [6.07, 6.45) is 1.89. The van der Waals surface area contributed by atoms with Crippen LogP contribution in [0.4, 0.5) is 0 Å². The van der Waals surface area contributed by atoms with Crippen molar-refractivity contribution in [3.63, 3.8) is 0 Å². The van der Waals surface area contributed by atoms with E-state index >= 15 is 0 Å². The molecule has 0 saturated carbocycles. The summed E-state index contributed by atoms with van der Waals surface area (Å²) in [5.41, 5.74) is 0.702. The predicted molar refractivity (Wildman–Crippen MR) is 99.6 cm³/mol. The van der Waals surface area contributed by atoms with Crippen LogP contribution in [-0.4, -0.2) is 34.0 Å². The molecular weight excluding hydrogens is 402 g/mol. The number of aromatic nitrogens is 2. The number of rotatable bonds is 3. The minimum atomic E-state index is 0.0511. The maximum absolute atomic E-state index is 12.7. The number of amides is 1. The van der Waals surface area contributed by atoms with E-state index in [1.54, 1.807) is 11.3 Å². The second kappa shape index (κ2) is 7.09. The first-order valence-electron chi connectivity index (χ1n) is 8.13. The number of carbonyl (C=O) groups is 1. The molecule has 7 heteroatoms. The second-order valence-electron chi connectivity index (χ2n) is 6.03. The Morgan fingerprint density at radius 1 is 1.28 bits per heavy atom. The lowest BCUT2D eigenvalue weighted by molar-refractivity contribution is 0.0695. The van der Waals surface area contributed by atoms with E-state index in [1.807, 2.05) is 46.7 Å². The van der Waals surface area contributed by atoms with Gasteiger partial charge < -0.3 is 9.42 Å². The Morgan fingerprint density at radius 3 is 2.88 bits per heavy atom. The van der Waals surface area contributed by atoms with Gasteiger partial charge in [0, 0.05) is 23.1 Å². The summed E-state index contributed by atoms with van der Waals surface area (Å²) in [6.45, 7) is 1.37. The van der Waals surface area contributed by atoms with Gasteiger partial charge in [0.15, 0.2) is 0 Å². The van der Waals surface area contributed by atoms with E-state index in [1.165, 1.54) is 0 Å². The van der Waals surface area contributed by atoms with Gasteiger partial charge in [0.25, 0.3) is 5.91 Å². The monoisotopic (exact) mass is 417 g/mol. The van der Waals surface area contributed by atoms with Crippen LogP contribution in [0.3, 0.4) is 0 Å². The molecule has 3 aromatic rings. The van der Waals surface area contributed by atoms with Crippen molar-refractivity contribution in [1.29, 1.82) is 0 Å². The maximum Gasteiger partial charge on any atom is 0.253 e. The van der Waals surface area contributed by atoms with Gasteiger partial charge in [0.2, 0.25) is 11.7 Å². The number of carbonyl (C=O) groups excluding carboxylic acids is 1. The van der Waals surface area contributed by atoms with Crippen LogP contribution in [0.1, 0.15) is 35.0 Å². The molecule has 25 heavy (non-hydrogen) atoms. The van der Waals surface area contributed by atoms with Gasteiger partial charge in [-0.25, -0.2) is 0 Å². The lowest BCUT2D eigenvalue weighted by atomic mass is 9.97. The number of piperidine rings is 1. The van der Waals surface area contributed by atoms with Crippen molar-refractivity contribution in [3.8, 4) is 10.7 Å². The van der Waals surface area contributed by atoms with Gasteiger partial charge in [0.1, 0.15) is 0 Å². The lowest BCUT2D eigenvalue weighted by Crippen LogP contribution is -2.39. The minimum absolute atomic E-state index is 0.0511. The molecule has 1 fully saturated rings. The van der Waals surface area contributed by atoms with Crippen molar-refractivity contribution in [1.82, 2.24) is 15.0 Å². The highest BCUT2D eigenvalue weighted by molar-refractivity contribution is 9.10. The molecule has 1 aliphatic heterocycles. The second-order valence-corrected chi connectivity index (χ2v) is 7.89. The first-order chi connectivity index (χ1) is 12.2. The Labute approximate surface area is 157 Å². The van der Waals surface area contributed by atoms with Crippen molar-refractivity contribution in [3.05, 3.63) is 57.7 Å². The normalized spacial score (nSPS) is 17.6. The van der Waals surface area contributed by atoms with Crippen LogP contribution in [0, 0.1) is 0 Å². The van der Waals surface area contributed by atoms with Crippen LogP contribution < -0.4 is 0 Å². The van der Waals surface area contributed by atoms with Gasteiger partial charge in [-0.15, -0.1) is 11.3 Å². The molecule has 0 N–H and O–H groups in total. The number of benzene rings is 1. The first kappa shape index (κ1) is 16.5. The maximum atomic E-state index is 12.7. The summed E-state index contributed by atoms with van der Waals surface area (Å²) >= 11 is 4.98. The molecule has 5 nitrogen and oxygen atoms in total. The molecule has 0 bridgehead atoms. The van der Waals surface area contributed by atoms with Gasteiger partial charge in [-0.3, -0.25) is 4.79 Å². The topological polar surface area (TPSA) is 59.2 Å². The fourth-order valence-electron chi connectivity index (χ4n) is 3.05. The third-order valence-corrected chi connectivity index (χ3v) is 5.73. The van der Waals surface area contributed by atoms with Crippen molar-refractivity contribution < 1.29 is 9.32 Å². The van der Waals surface area contributed by atoms with E-state index in [-0.39, 0.29) is 11.8 Å². The Balaban J connectivity index is 1.49. The zero-order valence-corrected chi connectivity index (χ0v) is 15.8. The lowest BCUT2D eigenvalue weighted by Gasteiger charge is -2.31. The van der Waals surface area contributed by atoms with Crippen LogP contribution in [-0.2, 0) is 0 Å². The van der Waals surface area contributed by atoms with Crippen molar-refractivity contribution in [2.75, 3.05) is 13.1 Å². The summed E-state index contributed by atoms with van der Waals surface area (Å²) in [5.74, 6) is 1.39. The number of nitrogens with zero attached hydrogens (tertiary/aromatic N) is 3. The Kier molecular flexibility index (Phi) is 4.67. The molecule has 1 saturated heterocycles. The largest absolute Gasteiger partial charge is 0.339 e. The van der Waals surface area contributed by atoms with Crippen molar-refractivity contribution >= 4 is 33.2 Å². The molecule has 1 aromatic carbocycles. The zero-order chi connectivity index (χ0) is 17.2. The highest BCUT2D eigenvalue weighted by Crippen LogP contribution is 2.29. The number of hydrogen-bond donors (Lipinski definition) is 0. The molecule has 1 amide bonds. The van der Waals surface area contributed by atoms with E-state index in [4.69, 9.17) is 4.52 Å². The molecule has 3 heterocycles. The first-order valence-corrected chi connectivity index (χ1v) is 9.80. The molecular formula is C18H16BrN3O2S. The molecule has 0 spiro atoms. The summed E-state index contributed by atoms with van der Waals surface area (Å²) in [5, 5.41) is 6.08. The summed E-state index contributed by atoms with van der Waals surface area (Å²) < 4.78 is 6.44. The molecule has 0 unspecified atom stereocenters. The molecule has 0 aliphatic carbocycles.